The van der Waals surface area contributed by atoms with Gasteiger partial charge in [0, 0.05) is 12.4 Å². The number of imidazole rings is 1. The molecule has 0 spiro atoms. The van der Waals surface area contributed by atoms with Gasteiger partial charge in [-0.1, -0.05) is 0 Å². The Bertz CT molecular complexity index is 448. The monoisotopic (exact) mass is 296 g/mol. The molecule has 1 aromatic heterocycles. The molecule has 11 heteroatoms. The van der Waals surface area contributed by atoms with E-state index in [-0.39, 0.29) is 6.01 Å². The maximum Gasteiger partial charge on any atom is 0.470 e. The minimum Gasteiger partial charge on any atom is -0.432 e. The minimum absolute atomic E-state index is 0.0533. The molecule has 2 heterocycles. The normalized spacial score (nSPS) is 31.6. The summed E-state index contributed by atoms with van der Waals surface area (Å²) in [7, 11) is -4.83. The number of phosphoric ester groups is 1. The summed E-state index contributed by atoms with van der Waals surface area (Å²) in [4.78, 5) is 23.8. The number of ether oxygens (including phenoxy) is 2. The van der Waals surface area contributed by atoms with Crippen molar-refractivity contribution in [3.8, 4) is 6.01 Å². The highest BCUT2D eigenvalue weighted by Crippen LogP contribution is 2.41. The van der Waals surface area contributed by atoms with Crippen molar-refractivity contribution in [2.45, 2.75) is 24.6 Å². The van der Waals surface area contributed by atoms with Gasteiger partial charge in [-0.3, -0.25) is 4.52 Å². The standard InChI is InChI=1S/C8H13N2O8P/c11-3-4-6(18-19(13,14)15)5(12)7(16-4)17-8-9-1-2-10-8/h1-2,4-7,11-12H,3H2,(H,9,10)(H2,13,14,15)/t4-,5-,6-,7-/m1/s1. The summed E-state index contributed by atoms with van der Waals surface area (Å²) in [5.41, 5.74) is 0. The first-order valence-corrected chi connectivity index (χ1v) is 6.78. The van der Waals surface area contributed by atoms with Gasteiger partial charge in [0.15, 0.2) is 0 Å². The first kappa shape index (κ1) is 14.4. The molecule has 0 bridgehead atoms. The molecule has 1 aliphatic rings. The number of hydrogen-bond donors (Lipinski definition) is 5. The number of aromatic nitrogens is 2. The topological polar surface area (TPSA) is 154 Å². The third-order valence-electron chi connectivity index (χ3n) is 2.43. The smallest absolute Gasteiger partial charge is 0.432 e. The summed E-state index contributed by atoms with van der Waals surface area (Å²) >= 11 is 0. The number of rotatable bonds is 5. The van der Waals surface area contributed by atoms with Crippen molar-refractivity contribution < 1.29 is 38.6 Å². The highest BCUT2D eigenvalue weighted by molar-refractivity contribution is 7.46. The van der Waals surface area contributed by atoms with Crippen LogP contribution in [0.25, 0.3) is 0 Å². The molecular formula is C8H13N2O8P. The summed E-state index contributed by atoms with van der Waals surface area (Å²) in [6.07, 6.45) is -2.41. The zero-order valence-corrected chi connectivity index (χ0v) is 10.4. The van der Waals surface area contributed by atoms with Crippen LogP contribution in [0, 0.1) is 0 Å². The Balaban J connectivity index is 2.06. The van der Waals surface area contributed by atoms with Crippen molar-refractivity contribution in [3.63, 3.8) is 0 Å². The molecule has 0 unspecified atom stereocenters. The Hall–Kier alpha value is -1.00. The first-order valence-electron chi connectivity index (χ1n) is 5.25. The van der Waals surface area contributed by atoms with Crippen LogP contribution in [0.2, 0.25) is 0 Å². The molecule has 1 saturated heterocycles. The molecule has 1 aliphatic heterocycles. The van der Waals surface area contributed by atoms with Crippen LogP contribution >= 0.6 is 7.82 Å². The largest absolute Gasteiger partial charge is 0.470 e. The number of H-pyrrole nitrogens is 1. The number of hydrogen-bond acceptors (Lipinski definition) is 7. The van der Waals surface area contributed by atoms with E-state index >= 15 is 0 Å². The quantitative estimate of drug-likeness (QED) is 0.402. The number of nitrogens with one attached hydrogen (secondary N) is 1. The lowest BCUT2D eigenvalue weighted by atomic mass is 10.1. The van der Waals surface area contributed by atoms with E-state index in [2.05, 4.69) is 14.5 Å². The minimum atomic E-state index is -4.83. The van der Waals surface area contributed by atoms with Gasteiger partial charge >= 0.3 is 7.82 Å². The maximum atomic E-state index is 10.8. The van der Waals surface area contributed by atoms with Crippen LogP contribution in [0.15, 0.2) is 12.4 Å². The Morgan fingerprint density at radius 1 is 1.53 bits per heavy atom. The number of aromatic amines is 1. The van der Waals surface area contributed by atoms with Crippen LogP contribution in [-0.4, -0.2) is 61.2 Å². The van der Waals surface area contributed by atoms with Gasteiger partial charge in [-0.15, -0.1) is 0 Å². The van der Waals surface area contributed by atoms with E-state index in [1.54, 1.807) is 0 Å². The second kappa shape index (κ2) is 5.55. The van der Waals surface area contributed by atoms with Crippen LogP contribution in [0.3, 0.4) is 0 Å². The molecule has 10 nitrogen and oxygen atoms in total. The van der Waals surface area contributed by atoms with Gasteiger partial charge in [0.2, 0.25) is 6.29 Å². The molecule has 19 heavy (non-hydrogen) atoms. The van der Waals surface area contributed by atoms with E-state index in [1.807, 2.05) is 0 Å². The molecule has 2 rings (SSSR count). The van der Waals surface area contributed by atoms with Gasteiger partial charge in [-0.2, -0.15) is 0 Å². The van der Waals surface area contributed by atoms with Gasteiger partial charge in [0.1, 0.15) is 18.3 Å². The van der Waals surface area contributed by atoms with Crippen LogP contribution in [-0.2, 0) is 13.8 Å². The molecule has 0 aromatic carbocycles. The van der Waals surface area contributed by atoms with E-state index in [4.69, 9.17) is 24.4 Å². The van der Waals surface area contributed by atoms with Crippen LogP contribution < -0.4 is 4.74 Å². The van der Waals surface area contributed by atoms with Crippen molar-refractivity contribution in [2.75, 3.05) is 6.61 Å². The van der Waals surface area contributed by atoms with E-state index in [0.29, 0.717) is 0 Å². The SMILES string of the molecule is O=P(O)(O)O[C@H]1[C@@H](O)[C@@H](Oc2ncc[nH]2)O[C@@H]1CO. The Labute approximate surface area is 107 Å². The number of aliphatic hydroxyl groups is 2. The van der Waals surface area contributed by atoms with Crippen LogP contribution in [0.5, 0.6) is 6.01 Å². The molecular weight excluding hydrogens is 283 g/mol. The average Bonchev–Trinajstić information content (AvgIpc) is 2.91. The van der Waals surface area contributed by atoms with Crippen molar-refractivity contribution in [2.24, 2.45) is 0 Å². The third-order valence-corrected chi connectivity index (χ3v) is 2.95. The molecule has 108 valence electrons. The predicted octanol–water partition coefficient (Wildman–Crippen LogP) is -1.66. The predicted molar refractivity (Wildman–Crippen MR) is 57.9 cm³/mol. The van der Waals surface area contributed by atoms with Crippen molar-refractivity contribution in [1.82, 2.24) is 9.97 Å². The van der Waals surface area contributed by atoms with E-state index in [9.17, 15) is 9.67 Å². The highest BCUT2D eigenvalue weighted by atomic mass is 31.2. The van der Waals surface area contributed by atoms with Gasteiger partial charge in [0.05, 0.1) is 6.61 Å². The van der Waals surface area contributed by atoms with E-state index in [1.165, 1.54) is 12.4 Å². The molecule has 0 aliphatic carbocycles. The zero-order chi connectivity index (χ0) is 14.0. The fourth-order valence-electron chi connectivity index (χ4n) is 1.66. The maximum absolute atomic E-state index is 10.8. The third kappa shape index (κ3) is 3.51. The van der Waals surface area contributed by atoms with Crippen molar-refractivity contribution in [1.29, 1.82) is 0 Å². The molecule has 0 amide bonds. The van der Waals surface area contributed by atoms with Gasteiger partial charge < -0.3 is 34.5 Å². The molecule has 5 N–H and O–H groups in total. The first-order chi connectivity index (χ1) is 8.90. The lowest BCUT2D eigenvalue weighted by Gasteiger charge is -2.19. The average molecular weight is 296 g/mol. The Morgan fingerprint density at radius 2 is 2.26 bits per heavy atom. The van der Waals surface area contributed by atoms with Gasteiger partial charge in [-0.25, -0.2) is 9.55 Å². The fourth-order valence-corrected chi connectivity index (χ4v) is 2.24. The summed E-state index contributed by atoms with van der Waals surface area (Å²) in [5, 5.41) is 18.9. The summed E-state index contributed by atoms with van der Waals surface area (Å²) < 4.78 is 25.4. The van der Waals surface area contributed by atoms with Crippen LogP contribution in [0.1, 0.15) is 0 Å². The van der Waals surface area contributed by atoms with Gasteiger partial charge in [-0.05, 0) is 0 Å². The number of phosphoric acid groups is 1. The van der Waals surface area contributed by atoms with E-state index < -0.39 is 39.0 Å². The lowest BCUT2D eigenvalue weighted by Crippen LogP contribution is -2.37. The summed E-state index contributed by atoms with van der Waals surface area (Å²) in [6, 6.07) is 0.0533. The number of nitrogens with zero attached hydrogens (tertiary/aromatic N) is 1. The molecule has 0 radical (unpaired) electrons. The van der Waals surface area contributed by atoms with Crippen molar-refractivity contribution >= 4 is 7.82 Å². The molecule has 1 fully saturated rings. The Kier molecular flexibility index (Phi) is 4.21. The fraction of sp³-hybridized carbons (Fsp3) is 0.625. The Morgan fingerprint density at radius 3 is 2.79 bits per heavy atom. The second-order valence-corrected chi connectivity index (χ2v) is 4.98. The van der Waals surface area contributed by atoms with Gasteiger partial charge in [0.25, 0.3) is 6.01 Å². The zero-order valence-electron chi connectivity index (χ0n) is 9.49. The van der Waals surface area contributed by atoms with Crippen LogP contribution in [0.4, 0.5) is 0 Å². The highest BCUT2D eigenvalue weighted by Gasteiger charge is 2.48. The molecule has 4 atom stereocenters. The number of aliphatic hydroxyl groups excluding tert-OH is 2. The summed E-state index contributed by atoms with van der Waals surface area (Å²) in [6.45, 7) is -0.597. The lowest BCUT2D eigenvalue weighted by molar-refractivity contribution is -0.119. The molecule has 0 saturated carbocycles. The van der Waals surface area contributed by atoms with Crippen molar-refractivity contribution in [3.05, 3.63) is 12.4 Å². The second-order valence-electron chi connectivity index (χ2n) is 3.79. The summed E-state index contributed by atoms with van der Waals surface area (Å²) in [5.74, 6) is 0. The molecule has 1 aromatic rings. The van der Waals surface area contributed by atoms with E-state index in [0.717, 1.165) is 0 Å².